The van der Waals surface area contributed by atoms with Crippen LogP contribution < -0.4 is 0 Å². The van der Waals surface area contributed by atoms with Crippen LogP contribution in [-0.4, -0.2) is 16.9 Å². The van der Waals surface area contributed by atoms with Gasteiger partial charge in [-0.25, -0.2) is 0 Å². The van der Waals surface area contributed by atoms with Crippen molar-refractivity contribution in [2.24, 2.45) is 0 Å². The predicted octanol–water partition coefficient (Wildman–Crippen LogP) is 9.57. The zero-order valence-corrected chi connectivity index (χ0v) is 20.3. The third-order valence-electron chi connectivity index (χ3n) is 5.76. The molecule has 0 N–H and O–H groups in total. The predicted molar refractivity (Wildman–Crippen MR) is 122 cm³/mol. The summed E-state index contributed by atoms with van der Waals surface area (Å²) in [7, 11) is 0. The summed E-state index contributed by atoms with van der Waals surface area (Å²) in [4.78, 5) is 0. The summed E-state index contributed by atoms with van der Waals surface area (Å²) < 4.78 is 0. The van der Waals surface area contributed by atoms with Gasteiger partial charge in [-0.2, -0.15) is 0 Å². The van der Waals surface area contributed by atoms with Crippen LogP contribution in [0.3, 0.4) is 0 Å². The molecule has 0 saturated heterocycles. The molecule has 0 aromatic rings. The Labute approximate surface area is 176 Å². The summed E-state index contributed by atoms with van der Waals surface area (Å²) in [5, 5.41) is 1.31. The van der Waals surface area contributed by atoms with Crippen LogP contribution in [0.5, 0.6) is 0 Å². The minimum atomic E-state index is 1.31. The second kappa shape index (κ2) is 25.6. The average Bonchev–Trinajstić information content (AvgIpc) is 2.66. The van der Waals surface area contributed by atoms with Crippen LogP contribution >= 0.6 is 0 Å². The van der Waals surface area contributed by atoms with Crippen LogP contribution in [0, 0.1) is 0 Å². The monoisotopic (exact) mass is 426 g/mol. The SMILES string of the molecule is CCCCCCCCCCCCCCCCCCCCCCCCC[As]. The Bertz CT molecular complexity index is 202. The van der Waals surface area contributed by atoms with Gasteiger partial charge < -0.3 is 0 Å². The molecule has 26 heavy (non-hydrogen) atoms. The summed E-state index contributed by atoms with van der Waals surface area (Å²) >= 11 is 2.70. The van der Waals surface area contributed by atoms with Gasteiger partial charge in [0, 0.05) is 0 Å². The molecule has 156 valence electrons. The first-order valence-electron chi connectivity index (χ1n) is 12.5. The van der Waals surface area contributed by atoms with E-state index in [1.165, 1.54) is 153 Å². The van der Waals surface area contributed by atoms with Crippen LogP contribution in [-0.2, 0) is 0 Å². The number of unbranched alkanes of at least 4 members (excludes halogenated alkanes) is 22. The fourth-order valence-corrected chi connectivity index (χ4v) is 4.37. The third-order valence-corrected chi connectivity index (χ3v) is 6.43. The van der Waals surface area contributed by atoms with Gasteiger partial charge in [0.05, 0.1) is 0 Å². The molecule has 0 aliphatic carbocycles. The van der Waals surface area contributed by atoms with Crippen LogP contribution in [0.4, 0.5) is 0 Å². The summed E-state index contributed by atoms with van der Waals surface area (Å²) in [6.45, 7) is 2.30. The van der Waals surface area contributed by atoms with Crippen molar-refractivity contribution in [3.8, 4) is 0 Å². The van der Waals surface area contributed by atoms with Gasteiger partial charge in [0.25, 0.3) is 0 Å². The molecule has 0 aromatic carbocycles. The van der Waals surface area contributed by atoms with Crippen molar-refractivity contribution in [3.05, 3.63) is 0 Å². The summed E-state index contributed by atoms with van der Waals surface area (Å²) in [6, 6.07) is 0. The van der Waals surface area contributed by atoms with E-state index < -0.39 is 0 Å². The zero-order valence-electron chi connectivity index (χ0n) is 18.4. The second-order valence-corrected chi connectivity index (χ2v) is 9.44. The fourth-order valence-electron chi connectivity index (χ4n) is 3.90. The molecule has 0 heterocycles. The zero-order chi connectivity index (χ0) is 19.0. The molecule has 0 aliphatic rings. The molecule has 1 heteroatoms. The van der Waals surface area contributed by atoms with Gasteiger partial charge in [0.15, 0.2) is 0 Å². The maximum absolute atomic E-state index is 2.70. The van der Waals surface area contributed by atoms with E-state index in [2.05, 4.69) is 23.8 Å². The van der Waals surface area contributed by atoms with Gasteiger partial charge in [-0.15, -0.1) is 0 Å². The van der Waals surface area contributed by atoms with Gasteiger partial charge in [0.1, 0.15) is 0 Å². The molecule has 0 saturated carbocycles. The van der Waals surface area contributed by atoms with Crippen LogP contribution in [0.2, 0.25) is 5.21 Å². The van der Waals surface area contributed by atoms with Gasteiger partial charge in [-0.3, -0.25) is 0 Å². The van der Waals surface area contributed by atoms with E-state index in [4.69, 9.17) is 0 Å². The van der Waals surface area contributed by atoms with Gasteiger partial charge >= 0.3 is 92.7 Å². The molecule has 0 nitrogen and oxygen atoms in total. The van der Waals surface area contributed by atoms with Crippen molar-refractivity contribution >= 4 is 16.9 Å². The van der Waals surface area contributed by atoms with Gasteiger partial charge in [0.2, 0.25) is 0 Å². The van der Waals surface area contributed by atoms with Crippen LogP contribution in [0.1, 0.15) is 155 Å². The van der Waals surface area contributed by atoms with E-state index in [0.29, 0.717) is 0 Å². The second-order valence-electron chi connectivity index (χ2n) is 8.50. The molecular formula is C25H51As. The van der Waals surface area contributed by atoms with Gasteiger partial charge in [-0.1, -0.05) is 84.0 Å². The summed E-state index contributed by atoms with van der Waals surface area (Å²) in [5.41, 5.74) is 0. The maximum atomic E-state index is 2.70. The molecule has 0 aliphatic heterocycles. The van der Waals surface area contributed by atoms with E-state index in [9.17, 15) is 0 Å². The molecule has 0 atom stereocenters. The Kier molecular flexibility index (Phi) is 26.1. The van der Waals surface area contributed by atoms with Crippen LogP contribution in [0.15, 0.2) is 0 Å². The van der Waals surface area contributed by atoms with Crippen molar-refractivity contribution in [1.82, 2.24) is 0 Å². The van der Waals surface area contributed by atoms with E-state index >= 15 is 0 Å². The van der Waals surface area contributed by atoms with E-state index in [1.807, 2.05) is 0 Å². The van der Waals surface area contributed by atoms with Crippen molar-refractivity contribution in [1.29, 1.82) is 0 Å². The van der Waals surface area contributed by atoms with Crippen molar-refractivity contribution in [3.63, 3.8) is 0 Å². The van der Waals surface area contributed by atoms with Crippen molar-refractivity contribution in [2.45, 2.75) is 160 Å². The number of hydrogen-bond acceptors (Lipinski definition) is 0. The van der Waals surface area contributed by atoms with Crippen LogP contribution in [0.25, 0.3) is 0 Å². The molecule has 0 amide bonds. The van der Waals surface area contributed by atoms with Gasteiger partial charge in [-0.05, 0) is 0 Å². The Morgan fingerprint density at radius 3 is 0.692 bits per heavy atom. The van der Waals surface area contributed by atoms with E-state index in [-0.39, 0.29) is 0 Å². The average molecular weight is 427 g/mol. The standard InChI is InChI=1S/C25H51As/c1-2-3-4-5-6-7-8-9-10-11-12-13-14-15-16-17-18-19-20-21-22-23-24-25-26/h2-25H2,1H3. The Balaban J connectivity index is 2.95. The molecule has 0 bridgehead atoms. The normalized spacial score (nSPS) is 11.3. The summed E-state index contributed by atoms with van der Waals surface area (Å²) in [5.74, 6) is 0. The molecule has 0 aromatic heterocycles. The Morgan fingerprint density at radius 2 is 0.500 bits per heavy atom. The molecule has 0 rings (SSSR count). The van der Waals surface area contributed by atoms with E-state index in [1.54, 1.807) is 0 Å². The summed E-state index contributed by atoms with van der Waals surface area (Å²) in [6.07, 6.45) is 33.9. The quantitative estimate of drug-likeness (QED) is 0.113. The fraction of sp³-hybridized carbons (Fsp3) is 1.00. The molecule has 0 unspecified atom stereocenters. The molecule has 0 fully saturated rings. The molecular weight excluding hydrogens is 375 g/mol. The Hall–Kier alpha value is 0.558. The minimum absolute atomic E-state index is 1.31. The topological polar surface area (TPSA) is 0 Å². The number of hydrogen-bond donors (Lipinski definition) is 0. The first-order valence-corrected chi connectivity index (χ1v) is 13.9. The molecule has 2 radical (unpaired) electrons. The van der Waals surface area contributed by atoms with E-state index in [0.717, 1.165) is 0 Å². The number of rotatable bonds is 23. The molecule has 0 spiro atoms. The first kappa shape index (κ1) is 26.6. The Morgan fingerprint density at radius 1 is 0.308 bits per heavy atom. The van der Waals surface area contributed by atoms with Crippen molar-refractivity contribution in [2.75, 3.05) is 0 Å². The third kappa shape index (κ3) is 24.6. The first-order chi connectivity index (χ1) is 12.9. The van der Waals surface area contributed by atoms with Crippen molar-refractivity contribution < 1.29 is 0 Å².